The average molecular weight is 266 g/mol. The summed E-state index contributed by atoms with van der Waals surface area (Å²) in [6.07, 6.45) is -0.377. The van der Waals surface area contributed by atoms with Crippen molar-refractivity contribution in [1.29, 1.82) is 0 Å². The van der Waals surface area contributed by atoms with Gasteiger partial charge in [-0.15, -0.1) is 0 Å². The van der Waals surface area contributed by atoms with E-state index in [-0.39, 0.29) is 6.42 Å². The Kier molecular flexibility index (Phi) is 4.11. The first-order chi connectivity index (χ1) is 8.78. The quantitative estimate of drug-likeness (QED) is 0.433. The monoisotopic (exact) mass is 266 g/mol. The van der Waals surface area contributed by atoms with E-state index < -0.39 is 23.4 Å². The predicted molar refractivity (Wildman–Crippen MR) is 66.4 cm³/mol. The third-order valence-electron chi connectivity index (χ3n) is 2.57. The topological polar surface area (TPSA) is 130 Å². The van der Waals surface area contributed by atoms with E-state index in [1.807, 2.05) is 5.32 Å². The Labute approximate surface area is 109 Å². The van der Waals surface area contributed by atoms with E-state index in [0.717, 1.165) is 6.92 Å². The molecule has 0 aliphatic rings. The molecule has 0 aliphatic heterocycles. The lowest BCUT2D eigenvalue weighted by Gasteiger charge is -2.25. The van der Waals surface area contributed by atoms with Crippen molar-refractivity contribution >= 4 is 23.5 Å². The number of anilines is 1. The maximum Gasteiger partial charge on any atom is 0.341 e. The summed E-state index contributed by atoms with van der Waals surface area (Å²) >= 11 is 0. The molecule has 0 aromatic heterocycles. The molecule has 0 bridgehead atoms. The molecule has 0 spiro atoms. The molecule has 0 atom stereocenters. The summed E-state index contributed by atoms with van der Waals surface area (Å²) in [5, 5.41) is 20.3. The van der Waals surface area contributed by atoms with Crippen LogP contribution in [0.4, 0.5) is 5.69 Å². The third kappa shape index (κ3) is 3.21. The van der Waals surface area contributed by atoms with Gasteiger partial charge in [-0.25, -0.2) is 9.59 Å². The first-order valence-corrected chi connectivity index (χ1v) is 5.38. The molecule has 0 saturated heterocycles. The minimum Gasteiger partial charge on any atom is -0.479 e. The van der Waals surface area contributed by atoms with E-state index in [4.69, 9.17) is 15.9 Å². The largest absolute Gasteiger partial charge is 0.479 e. The van der Waals surface area contributed by atoms with Crippen LogP contribution in [0.25, 0.3) is 0 Å². The number of rotatable bonds is 5. The first kappa shape index (κ1) is 14.5. The zero-order valence-corrected chi connectivity index (χ0v) is 10.2. The normalized spacial score (nSPS) is 10.8. The molecule has 1 aromatic rings. The van der Waals surface area contributed by atoms with E-state index in [1.165, 1.54) is 24.3 Å². The number of hydrogen-bond donors (Lipinski definition) is 4. The molecule has 1 aromatic carbocycles. The zero-order valence-electron chi connectivity index (χ0n) is 10.2. The Morgan fingerprint density at radius 1 is 1.16 bits per heavy atom. The fourth-order valence-electron chi connectivity index (χ4n) is 1.64. The van der Waals surface area contributed by atoms with Gasteiger partial charge in [-0.05, 0) is 17.7 Å². The highest BCUT2D eigenvalue weighted by molar-refractivity contribution is 6.06. The number of carbonyl (C=O) groups is 3. The lowest BCUT2D eigenvalue weighted by Crippen LogP contribution is -2.61. The molecule has 0 fully saturated rings. The van der Waals surface area contributed by atoms with Gasteiger partial charge in [-0.2, -0.15) is 0 Å². The molecule has 0 saturated carbocycles. The molecule has 0 unspecified atom stereocenters. The molecule has 7 heteroatoms. The van der Waals surface area contributed by atoms with Crippen molar-refractivity contribution in [2.45, 2.75) is 18.9 Å². The van der Waals surface area contributed by atoms with E-state index in [1.54, 1.807) is 0 Å². The van der Waals surface area contributed by atoms with E-state index in [9.17, 15) is 14.4 Å². The van der Waals surface area contributed by atoms with Crippen molar-refractivity contribution in [3.8, 4) is 0 Å². The molecular weight excluding hydrogens is 252 g/mol. The summed E-state index contributed by atoms with van der Waals surface area (Å²) < 4.78 is 0. The number of benzene rings is 1. The highest BCUT2D eigenvalue weighted by atomic mass is 16.4. The van der Waals surface area contributed by atoms with Crippen molar-refractivity contribution in [3.63, 3.8) is 0 Å². The lowest BCUT2D eigenvalue weighted by atomic mass is 9.90. The SMILES string of the molecule is CC(=O)NC(Cc1ccc(N)cc1)(C(=O)O)C(=O)O. The Morgan fingerprint density at radius 2 is 1.63 bits per heavy atom. The van der Waals surface area contributed by atoms with Crippen LogP contribution < -0.4 is 11.1 Å². The maximum absolute atomic E-state index is 11.2. The van der Waals surface area contributed by atoms with Gasteiger partial charge in [-0.3, -0.25) is 4.79 Å². The second-order valence-corrected chi connectivity index (χ2v) is 4.12. The third-order valence-corrected chi connectivity index (χ3v) is 2.57. The number of carboxylic acid groups (broad SMARTS) is 2. The summed E-state index contributed by atoms with van der Waals surface area (Å²) in [5.41, 5.74) is 4.01. The lowest BCUT2D eigenvalue weighted by molar-refractivity contribution is -0.161. The number of nitrogen functional groups attached to an aromatic ring is 1. The van der Waals surface area contributed by atoms with Crippen LogP contribution in [-0.2, 0) is 20.8 Å². The van der Waals surface area contributed by atoms with Gasteiger partial charge in [0, 0.05) is 19.0 Å². The minimum absolute atomic E-state index is 0.377. The molecule has 0 radical (unpaired) electrons. The fraction of sp³-hybridized carbons (Fsp3) is 0.250. The molecular formula is C12H14N2O5. The van der Waals surface area contributed by atoms with Crippen LogP contribution in [0, 0.1) is 0 Å². The molecule has 7 nitrogen and oxygen atoms in total. The average Bonchev–Trinajstić information content (AvgIpc) is 2.29. The second-order valence-electron chi connectivity index (χ2n) is 4.12. The van der Waals surface area contributed by atoms with Crippen molar-refractivity contribution in [2.24, 2.45) is 0 Å². The van der Waals surface area contributed by atoms with Crippen LogP contribution in [0.5, 0.6) is 0 Å². The van der Waals surface area contributed by atoms with E-state index in [0.29, 0.717) is 11.3 Å². The van der Waals surface area contributed by atoms with Crippen molar-refractivity contribution < 1.29 is 24.6 Å². The summed E-state index contributed by atoms with van der Waals surface area (Å²) in [6.45, 7) is 1.06. The van der Waals surface area contributed by atoms with Crippen LogP contribution in [0.2, 0.25) is 0 Å². The number of carbonyl (C=O) groups excluding carboxylic acids is 1. The van der Waals surface area contributed by atoms with Gasteiger partial charge in [0.15, 0.2) is 0 Å². The molecule has 1 amide bonds. The van der Waals surface area contributed by atoms with Gasteiger partial charge in [-0.1, -0.05) is 12.1 Å². The van der Waals surface area contributed by atoms with Crippen molar-refractivity contribution in [1.82, 2.24) is 5.32 Å². The smallest absolute Gasteiger partial charge is 0.341 e. The number of aliphatic carboxylic acids is 2. The number of hydrogen-bond acceptors (Lipinski definition) is 4. The fourth-order valence-corrected chi connectivity index (χ4v) is 1.64. The first-order valence-electron chi connectivity index (χ1n) is 5.38. The van der Waals surface area contributed by atoms with Crippen LogP contribution in [0.3, 0.4) is 0 Å². The Bertz CT molecular complexity index is 495. The van der Waals surface area contributed by atoms with Crippen LogP contribution in [0.15, 0.2) is 24.3 Å². The summed E-state index contributed by atoms with van der Waals surface area (Å²) in [4.78, 5) is 33.6. The van der Waals surface area contributed by atoms with Gasteiger partial charge < -0.3 is 21.3 Å². The molecule has 5 N–H and O–H groups in total. The molecule has 0 heterocycles. The van der Waals surface area contributed by atoms with E-state index >= 15 is 0 Å². The molecule has 102 valence electrons. The summed E-state index contributed by atoms with van der Waals surface area (Å²) in [6, 6.07) is 6.07. The van der Waals surface area contributed by atoms with Crippen LogP contribution >= 0.6 is 0 Å². The van der Waals surface area contributed by atoms with Crippen molar-refractivity contribution in [2.75, 3.05) is 5.73 Å². The number of nitrogens with two attached hydrogens (primary N) is 1. The molecule has 0 aliphatic carbocycles. The van der Waals surface area contributed by atoms with Gasteiger partial charge >= 0.3 is 11.9 Å². The standard InChI is InChI=1S/C12H14N2O5/c1-7(15)14-12(10(16)17,11(18)19)6-8-2-4-9(13)5-3-8/h2-5H,6,13H2,1H3,(H,14,15)(H,16,17)(H,18,19). The minimum atomic E-state index is -2.39. The second kappa shape index (κ2) is 5.38. The van der Waals surface area contributed by atoms with Crippen LogP contribution in [-0.4, -0.2) is 33.6 Å². The van der Waals surface area contributed by atoms with Gasteiger partial charge in [0.05, 0.1) is 0 Å². The number of amides is 1. The number of nitrogens with one attached hydrogen (secondary N) is 1. The summed E-state index contributed by atoms with van der Waals surface area (Å²) in [7, 11) is 0. The Hall–Kier alpha value is -2.57. The number of carboxylic acids is 2. The predicted octanol–water partition coefficient (Wildman–Crippen LogP) is -0.145. The highest BCUT2D eigenvalue weighted by Gasteiger charge is 2.47. The molecule has 1 rings (SSSR count). The maximum atomic E-state index is 11.2. The van der Waals surface area contributed by atoms with E-state index in [2.05, 4.69) is 0 Å². The Morgan fingerprint density at radius 3 is 2.00 bits per heavy atom. The zero-order chi connectivity index (χ0) is 14.6. The summed E-state index contributed by atoms with van der Waals surface area (Å²) in [5.74, 6) is -4.00. The Balaban J connectivity index is 3.16. The van der Waals surface area contributed by atoms with Gasteiger partial charge in [0.25, 0.3) is 0 Å². The van der Waals surface area contributed by atoms with Crippen LogP contribution in [0.1, 0.15) is 12.5 Å². The molecule has 19 heavy (non-hydrogen) atoms. The van der Waals surface area contributed by atoms with Crippen molar-refractivity contribution in [3.05, 3.63) is 29.8 Å². The highest BCUT2D eigenvalue weighted by Crippen LogP contribution is 2.16. The van der Waals surface area contributed by atoms with Gasteiger partial charge in [0.2, 0.25) is 11.4 Å². The van der Waals surface area contributed by atoms with Gasteiger partial charge in [0.1, 0.15) is 0 Å².